The van der Waals surface area contributed by atoms with Crippen LogP contribution >= 0.6 is 0 Å². The van der Waals surface area contributed by atoms with Crippen LogP contribution in [-0.2, 0) is 19.4 Å². The largest absolute Gasteiger partial charge is 0.491 e. The Morgan fingerprint density at radius 2 is 2.00 bits per heavy atom. The molecule has 0 fully saturated rings. The molecule has 22 heavy (non-hydrogen) atoms. The van der Waals surface area contributed by atoms with Gasteiger partial charge in [0.2, 0.25) is 0 Å². The third-order valence-corrected chi connectivity index (χ3v) is 4.64. The van der Waals surface area contributed by atoms with E-state index in [9.17, 15) is 5.11 Å². The molecule has 1 aliphatic carbocycles. The average molecular weight is 300 g/mol. The zero-order valence-corrected chi connectivity index (χ0v) is 13.6. The number of aliphatic hydroxyl groups excluding tert-OH is 1. The molecule has 1 aromatic heterocycles. The second kappa shape index (κ2) is 6.13. The van der Waals surface area contributed by atoms with Gasteiger partial charge in [0.1, 0.15) is 18.5 Å². The van der Waals surface area contributed by atoms with E-state index < -0.39 is 6.10 Å². The standard InChI is InChI=1S/C18H24N2O2/c1-12-13(2)19-20(14(12)3)10-17(21)11-22-18-8-7-15-5-4-6-16(15)9-18/h7-9,17,21H,4-6,10-11H2,1-3H3/t17-/m0/s1. The van der Waals surface area contributed by atoms with Crippen molar-refractivity contribution in [3.05, 3.63) is 46.3 Å². The summed E-state index contributed by atoms with van der Waals surface area (Å²) in [6.07, 6.45) is 2.99. The van der Waals surface area contributed by atoms with Crippen LogP contribution in [0.3, 0.4) is 0 Å². The molecule has 0 bridgehead atoms. The molecule has 0 saturated carbocycles. The molecule has 1 atom stereocenters. The number of aromatic nitrogens is 2. The van der Waals surface area contributed by atoms with Gasteiger partial charge < -0.3 is 9.84 Å². The summed E-state index contributed by atoms with van der Waals surface area (Å²) in [6.45, 7) is 6.83. The van der Waals surface area contributed by atoms with Crippen LogP contribution in [0, 0.1) is 20.8 Å². The summed E-state index contributed by atoms with van der Waals surface area (Å²) in [4.78, 5) is 0. The summed E-state index contributed by atoms with van der Waals surface area (Å²) in [6, 6.07) is 6.27. The molecule has 0 spiro atoms. The molecule has 0 amide bonds. The van der Waals surface area contributed by atoms with Crippen LogP contribution < -0.4 is 4.74 Å². The Bertz CT molecular complexity index is 676. The van der Waals surface area contributed by atoms with E-state index in [2.05, 4.69) is 24.2 Å². The quantitative estimate of drug-likeness (QED) is 0.923. The predicted octanol–water partition coefficient (Wildman–Crippen LogP) is 2.74. The summed E-state index contributed by atoms with van der Waals surface area (Å²) in [5.41, 5.74) is 6.14. The first kappa shape index (κ1) is 15.1. The van der Waals surface area contributed by atoms with Gasteiger partial charge >= 0.3 is 0 Å². The minimum Gasteiger partial charge on any atom is -0.491 e. The molecule has 4 nitrogen and oxygen atoms in total. The number of ether oxygens (including phenoxy) is 1. The zero-order valence-electron chi connectivity index (χ0n) is 13.6. The summed E-state index contributed by atoms with van der Waals surface area (Å²) in [5, 5.41) is 14.6. The van der Waals surface area contributed by atoms with Gasteiger partial charge in [0.15, 0.2) is 0 Å². The zero-order chi connectivity index (χ0) is 15.7. The third kappa shape index (κ3) is 3.02. The maximum Gasteiger partial charge on any atom is 0.119 e. The predicted molar refractivity (Wildman–Crippen MR) is 86.4 cm³/mol. The van der Waals surface area contributed by atoms with E-state index in [-0.39, 0.29) is 6.61 Å². The van der Waals surface area contributed by atoms with Crippen LogP contribution in [0.1, 0.15) is 34.5 Å². The number of nitrogens with zero attached hydrogens (tertiary/aromatic N) is 2. The van der Waals surface area contributed by atoms with Crippen molar-refractivity contribution >= 4 is 0 Å². The van der Waals surface area contributed by atoms with Gasteiger partial charge in [0.05, 0.1) is 12.2 Å². The SMILES string of the molecule is Cc1nn(C[C@H](O)COc2ccc3c(c2)CCC3)c(C)c1C. The van der Waals surface area contributed by atoms with Gasteiger partial charge in [0, 0.05) is 5.69 Å². The molecule has 0 unspecified atom stereocenters. The van der Waals surface area contributed by atoms with E-state index >= 15 is 0 Å². The Hall–Kier alpha value is -1.81. The molecule has 1 heterocycles. The number of aryl methyl sites for hydroxylation is 3. The van der Waals surface area contributed by atoms with Crippen molar-refractivity contribution in [2.24, 2.45) is 0 Å². The number of fused-ring (bicyclic) bond motifs is 1. The minimum absolute atomic E-state index is 0.288. The maximum atomic E-state index is 10.2. The van der Waals surface area contributed by atoms with Crippen molar-refractivity contribution < 1.29 is 9.84 Å². The summed E-state index contributed by atoms with van der Waals surface area (Å²) < 4.78 is 7.61. The lowest BCUT2D eigenvalue weighted by Gasteiger charge is -2.14. The second-order valence-electron chi connectivity index (χ2n) is 6.23. The molecule has 4 heteroatoms. The highest BCUT2D eigenvalue weighted by Gasteiger charge is 2.14. The normalized spacial score (nSPS) is 14.9. The van der Waals surface area contributed by atoms with Gasteiger partial charge in [-0.05, 0) is 68.9 Å². The third-order valence-electron chi connectivity index (χ3n) is 4.64. The molecule has 3 rings (SSSR count). The lowest BCUT2D eigenvalue weighted by molar-refractivity contribution is 0.0886. The van der Waals surface area contributed by atoms with E-state index in [1.807, 2.05) is 24.6 Å². The maximum absolute atomic E-state index is 10.2. The van der Waals surface area contributed by atoms with Crippen LogP contribution in [0.4, 0.5) is 0 Å². The molecule has 0 saturated heterocycles. The van der Waals surface area contributed by atoms with E-state index in [1.54, 1.807) is 0 Å². The van der Waals surface area contributed by atoms with Crippen LogP contribution in [0.25, 0.3) is 0 Å². The van der Waals surface area contributed by atoms with Crippen molar-refractivity contribution in [3.63, 3.8) is 0 Å². The number of hydrogen-bond acceptors (Lipinski definition) is 3. The van der Waals surface area contributed by atoms with Crippen LogP contribution in [0.5, 0.6) is 5.75 Å². The summed E-state index contributed by atoms with van der Waals surface area (Å²) in [5.74, 6) is 0.851. The van der Waals surface area contributed by atoms with Gasteiger partial charge in [0.25, 0.3) is 0 Å². The molecule has 118 valence electrons. The summed E-state index contributed by atoms with van der Waals surface area (Å²) >= 11 is 0. The number of rotatable bonds is 5. The number of aliphatic hydroxyl groups is 1. The summed E-state index contributed by atoms with van der Waals surface area (Å²) in [7, 11) is 0. The van der Waals surface area contributed by atoms with Crippen molar-refractivity contribution in [1.82, 2.24) is 9.78 Å². The van der Waals surface area contributed by atoms with Crippen LogP contribution in [-0.4, -0.2) is 27.6 Å². The Morgan fingerprint density at radius 3 is 2.73 bits per heavy atom. The first-order chi connectivity index (χ1) is 10.5. The highest BCUT2D eigenvalue weighted by Crippen LogP contribution is 2.26. The molecule has 0 aliphatic heterocycles. The van der Waals surface area contributed by atoms with Gasteiger partial charge in [-0.1, -0.05) is 6.07 Å². The lowest BCUT2D eigenvalue weighted by Crippen LogP contribution is -2.24. The van der Waals surface area contributed by atoms with Crippen LogP contribution in [0.15, 0.2) is 18.2 Å². The lowest BCUT2D eigenvalue weighted by atomic mass is 10.1. The Morgan fingerprint density at radius 1 is 1.23 bits per heavy atom. The van der Waals surface area contributed by atoms with Gasteiger partial charge in [-0.3, -0.25) is 4.68 Å². The van der Waals surface area contributed by atoms with Gasteiger partial charge in [-0.25, -0.2) is 0 Å². The highest BCUT2D eigenvalue weighted by molar-refractivity contribution is 5.38. The molecule has 0 radical (unpaired) electrons. The fourth-order valence-electron chi connectivity index (χ4n) is 3.05. The monoisotopic (exact) mass is 300 g/mol. The first-order valence-electron chi connectivity index (χ1n) is 7.98. The molecular formula is C18H24N2O2. The fraction of sp³-hybridized carbons (Fsp3) is 0.500. The molecule has 2 aromatic rings. The Labute approximate surface area is 131 Å². The Balaban J connectivity index is 1.58. The van der Waals surface area contributed by atoms with E-state index in [1.165, 1.54) is 29.5 Å². The van der Waals surface area contributed by atoms with Gasteiger partial charge in [-0.2, -0.15) is 5.10 Å². The number of benzene rings is 1. The van der Waals surface area contributed by atoms with Gasteiger partial charge in [-0.15, -0.1) is 0 Å². The van der Waals surface area contributed by atoms with Crippen molar-refractivity contribution in [2.45, 2.75) is 52.7 Å². The molecule has 1 aromatic carbocycles. The van der Waals surface area contributed by atoms with E-state index in [0.29, 0.717) is 6.54 Å². The minimum atomic E-state index is -0.564. The fourth-order valence-corrected chi connectivity index (χ4v) is 3.05. The van der Waals surface area contributed by atoms with E-state index in [4.69, 9.17) is 4.74 Å². The average Bonchev–Trinajstić information content (AvgIpc) is 3.06. The van der Waals surface area contributed by atoms with Crippen LogP contribution in [0.2, 0.25) is 0 Å². The molecule has 1 aliphatic rings. The smallest absolute Gasteiger partial charge is 0.119 e. The van der Waals surface area contributed by atoms with E-state index in [0.717, 1.165) is 23.6 Å². The molecule has 1 N–H and O–H groups in total. The van der Waals surface area contributed by atoms with Crippen molar-refractivity contribution in [3.8, 4) is 5.75 Å². The topological polar surface area (TPSA) is 47.3 Å². The van der Waals surface area contributed by atoms with Crippen molar-refractivity contribution in [2.75, 3.05) is 6.61 Å². The highest BCUT2D eigenvalue weighted by atomic mass is 16.5. The molecular weight excluding hydrogens is 276 g/mol. The second-order valence-corrected chi connectivity index (χ2v) is 6.23. The first-order valence-corrected chi connectivity index (χ1v) is 7.98. The number of hydrogen-bond donors (Lipinski definition) is 1. The van der Waals surface area contributed by atoms with Crippen molar-refractivity contribution in [1.29, 1.82) is 0 Å². The Kier molecular flexibility index (Phi) is 4.21.